The number of carbonyl (C=O) groups excluding carboxylic acids is 2. The van der Waals surface area contributed by atoms with Crippen molar-refractivity contribution in [1.82, 2.24) is 4.90 Å². The minimum absolute atomic E-state index is 0.0212. The van der Waals surface area contributed by atoms with E-state index in [1.165, 1.54) is 0 Å². The number of ether oxygens (including phenoxy) is 1. The summed E-state index contributed by atoms with van der Waals surface area (Å²) in [4.78, 5) is 26.9. The van der Waals surface area contributed by atoms with E-state index in [-0.39, 0.29) is 11.9 Å². The number of benzene rings is 3. The van der Waals surface area contributed by atoms with Crippen LogP contribution in [0.25, 0.3) is 0 Å². The lowest BCUT2D eigenvalue weighted by molar-refractivity contribution is 0.0708. The number of carbonyl (C=O) groups is 2. The van der Waals surface area contributed by atoms with Gasteiger partial charge in [0, 0.05) is 24.2 Å². The first-order valence-electron chi connectivity index (χ1n) is 8.95. The first-order valence-corrected chi connectivity index (χ1v) is 8.95. The molecule has 1 aliphatic rings. The van der Waals surface area contributed by atoms with E-state index < -0.39 is 0 Å². The van der Waals surface area contributed by atoms with Gasteiger partial charge in [-0.1, -0.05) is 48.5 Å². The monoisotopic (exact) mass is 357 g/mol. The Morgan fingerprint density at radius 1 is 0.778 bits per heavy atom. The van der Waals surface area contributed by atoms with Gasteiger partial charge in [-0.2, -0.15) is 0 Å². The van der Waals surface area contributed by atoms with Crippen molar-refractivity contribution in [3.63, 3.8) is 0 Å². The van der Waals surface area contributed by atoms with Gasteiger partial charge in [-0.3, -0.25) is 4.79 Å². The zero-order chi connectivity index (χ0) is 18.6. The van der Waals surface area contributed by atoms with E-state index >= 15 is 0 Å². The highest BCUT2D eigenvalue weighted by Gasteiger charge is 2.24. The molecule has 1 amide bonds. The van der Waals surface area contributed by atoms with Gasteiger partial charge in [0.2, 0.25) is 0 Å². The number of amides is 1. The maximum absolute atomic E-state index is 12.7. The number of nitrogens with zero attached hydrogens (tertiary/aromatic N) is 1. The van der Waals surface area contributed by atoms with E-state index in [1.54, 1.807) is 12.1 Å². The van der Waals surface area contributed by atoms with E-state index in [1.807, 2.05) is 71.6 Å². The van der Waals surface area contributed by atoms with Crippen molar-refractivity contribution >= 4 is 11.9 Å². The van der Waals surface area contributed by atoms with E-state index in [9.17, 15) is 9.59 Å². The highest BCUT2D eigenvalue weighted by atomic mass is 16.5. The second kappa shape index (κ2) is 7.46. The maximum Gasteiger partial charge on any atom is 0.343 e. The topological polar surface area (TPSA) is 46.6 Å². The lowest BCUT2D eigenvalue weighted by Crippen LogP contribution is -2.36. The van der Waals surface area contributed by atoms with Crippen molar-refractivity contribution in [1.29, 1.82) is 0 Å². The Kier molecular flexibility index (Phi) is 4.71. The fraction of sp³-hybridized carbons (Fsp3) is 0.130. The van der Waals surface area contributed by atoms with Crippen LogP contribution < -0.4 is 4.74 Å². The second-order valence-electron chi connectivity index (χ2n) is 6.49. The zero-order valence-corrected chi connectivity index (χ0v) is 14.8. The minimum atomic E-state index is -0.369. The summed E-state index contributed by atoms with van der Waals surface area (Å²) in [5.74, 6) is 0.230. The van der Waals surface area contributed by atoms with Crippen molar-refractivity contribution < 1.29 is 14.3 Å². The van der Waals surface area contributed by atoms with Crippen LogP contribution in [0.4, 0.5) is 0 Å². The van der Waals surface area contributed by atoms with Crippen molar-refractivity contribution in [2.75, 3.05) is 6.54 Å². The summed E-state index contributed by atoms with van der Waals surface area (Å²) in [5.41, 5.74) is 3.22. The van der Waals surface area contributed by atoms with Crippen LogP contribution in [0.2, 0.25) is 0 Å². The molecule has 0 aliphatic carbocycles. The highest BCUT2D eigenvalue weighted by Crippen LogP contribution is 2.29. The minimum Gasteiger partial charge on any atom is -0.423 e. The van der Waals surface area contributed by atoms with E-state index in [0.29, 0.717) is 36.4 Å². The molecule has 4 nitrogen and oxygen atoms in total. The summed E-state index contributed by atoms with van der Waals surface area (Å²) < 4.78 is 5.64. The molecule has 3 aromatic carbocycles. The molecule has 0 aromatic heterocycles. The van der Waals surface area contributed by atoms with Crippen LogP contribution in [0.3, 0.4) is 0 Å². The first-order chi connectivity index (χ1) is 13.2. The molecule has 27 heavy (non-hydrogen) atoms. The van der Waals surface area contributed by atoms with Crippen molar-refractivity contribution in [3.8, 4) is 5.75 Å². The molecular formula is C23H19NO3. The van der Waals surface area contributed by atoms with Crippen molar-refractivity contribution in [3.05, 3.63) is 101 Å². The number of hydrogen-bond donors (Lipinski definition) is 0. The Balaban J connectivity index is 1.53. The molecule has 0 unspecified atom stereocenters. The van der Waals surface area contributed by atoms with Gasteiger partial charge >= 0.3 is 5.97 Å². The molecular weight excluding hydrogens is 338 g/mol. The van der Waals surface area contributed by atoms with E-state index in [0.717, 1.165) is 11.1 Å². The molecule has 1 heterocycles. The molecule has 0 bridgehead atoms. The third-order valence-corrected chi connectivity index (χ3v) is 4.74. The largest absolute Gasteiger partial charge is 0.423 e. The number of fused-ring (bicyclic) bond motifs is 1. The number of hydrogen-bond acceptors (Lipinski definition) is 3. The van der Waals surface area contributed by atoms with Crippen LogP contribution in [0, 0.1) is 0 Å². The number of esters is 1. The van der Waals surface area contributed by atoms with E-state index in [4.69, 9.17) is 4.74 Å². The van der Waals surface area contributed by atoms with Gasteiger partial charge in [0.15, 0.2) is 0 Å². The summed E-state index contributed by atoms with van der Waals surface area (Å²) in [6.45, 7) is 1.11. The van der Waals surface area contributed by atoms with Crippen molar-refractivity contribution in [2.24, 2.45) is 0 Å². The Morgan fingerprint density at radius 3 is 2.15 bits per heavy atom. The Bertz CT molecular complexity index is 967. The van der Waals surface area contributed by atoms with Gasteiger partial charge in [-0.05, 0) is 42.3 Å². The predicted octanol–water partition coefficient (Wildman–Crippen LogP) is 4.10. The number of rotatable bonds is 3. The molecule has 0 radical (unpaired) electrons. The lowest BCUT2D eigenvalue weighted by Gasteiger charge is -2.30. The Labute approximate surface area is 158 Å². The van der Waals surface area contributed by atoms with Crippen LogP contribution in [-0.2, 0) is 13.0 Å². The summed E-state index contributed by atoms with van der Waals surface area (Å²) >= 11 is 0. The van der Waals surface area contributed by atoms with Gasteiger partial charge in [-0.25, -0.2) is 4.79 Å². The van der Waals surface area contributed by atoms with Gasteiger partial charge in [-0.15, -0.1) is 0 Å². The van der Waals surface area contributed by atoms with Crippen molar-refractivity contribution in [2.45, 2.75) is 13.0 Å². The molecule has 0 N–H and O–H groups in total. The fourth-order valence-corrected chi connectivity index (χ4v) is 3.34. The molecule has 3 aromatic rings. The molecule has 0 fully saturated rings. The summed E-state index contributed by atoms with van der Waals surface area (Å²) in [6.07, 6.45) is 0.659. The summed E-state index contributed by atoms with van der Waals surface area (Å²) in [7, 11) is 0. The van der Waals surface area contributed by atoms with Gasteiger partial charge in [0.05, 0.1) is 5.56 Å². The van der Waals surface area contributed by atoms with Gasteiger partial charge in [0.1, 0.15) is 5.75 Å². The van der Waals surface area contributed by atoms with Crippen LogP contribution >= 0.6 is 0 Å². The second-order valence-corrected chi connectivity index (χ2v) is 6.49. The fourth-order valence-electron chi connectivity index (χ4n) is 3.34. The molecule has 0 spiro atoms. The SMILES string of the molecule is O=C(Oc1cccc2c1CCN(C(=O)c1ccccc1)C2)c1ccccc1. The molecule has 1 aliphatic heterocycles. The highest BCUT2D eigenvalue weighted by molar-refractivity contribution is 5.94. The standard InChI is InChI=1S/C23H19NO3/c25-22(17-8-3-1-4-9-17)24-15-14-20-19(16-24)12-7-13-21(20)27-23(26)18-10-5-2-6-11-18/h1-13H,14-16H2. The van der Waals surface area contributed by atoms with E-state index in [2.05, 4.69) is 0 Å². The quantitative estimate of drug-likeness (QED) is 0.524. The average Bonchev–Trinajstić information content (AvgIpc) is 2.74. The van der Waals surface area contributed by atoms with Crippen LogP contribution in [0.15, 0.2) is 78.9 Å². The summed E-state index contributed by atoms with van der Waals surface area (Å²) in [5, 5.41) is 0. The average molecular weight is 357 g/mol. The molecule has 0 saturated heterocycles. The van der Waals surface area contributed by atoms with Gasteiger partial charge in [0.25, 0.3) is 5.91 Å². The third kappa shape index (κ3) is 3.60. The molecule has 134 valence electrons. The normalized spacial score (nSPS) is 13.0. The van der Waals surface area contributed by atoms with Crippen LogP contribution in [-0.4, -0.2) is 23.3 Å². The third-order valence-electron chi connectivity index (χ3n) is 4.74. The first kappa shape index (κ1) is 17.0. The van der Waals surface area contributed by atoms with Crippen LogP contribution in [0.1, 0.15) is 31.8 Å². The van der Waals surface area contributed by atoms with Crippen LogP contribution in [0.5, 0.6) is 5.75 Å². The zero-order valence-electron chi connectivity index (χ0n) is 14.8. The van der Waals surface area contributed by atoms with Gasteiger partial charge < -0.3 is 9.64 Å². The maximum atomic E-state index is 12.7. The smallest absolute Gasteiger partial charge is 0.343 e. The predicted molar refractivity (Wildman–Crippen MR) is 103 cm³/mol. The lowest BCUT2D eigenvalue weighted by atomic mass is 9.98. The molecule has 4 heteroatoms. The molecule has 4 rings (SSSR count). The Hall–Kier alpha value is -3.40. The molecule has 0 saturated carbocycles. The summed E-state index contributed by atoms with van der Waals surface area (Å²) in [6, 6.07) is 23.9. The molecule has 0 atom stereocenters. The Morgan fingerprint density at radius 2 is 1.44 bits per heavy atom.